The molecule has 1 aliphatic rings. The molecule has 1 heterocycles. The summed E-state index contributed by atoms with van der Waals surface area (Å²) in [6.07, 6.45) is 6.68. The highest BCUT2D eigenvalue weighted by Gasteiger charge is 2.31. The molecule has 0 spiro atoms. The smallest absolute Gasteiger partial charge is 0.312 e. The van der Waals surface area contributed by atoms with E-state index in [0.29, 0.717) is 19.3 Å². The Bertz CT molecular complexity index is 391. The fraction of sp³-hybridized carbons (Fsp3) is 0.765. The highest BCUT2D eigenvalue weighted by molar-refractivity contribution is 5.73. The molecule has 0 aliphatic carbocycles. The zero-order valence-corrected chi connectivity index (χ0v) is 13.8. The van der Waals surface area contributed by atoms with Gasteiger partial charge in [0.05, 0.1) is 12.0 Å². The van der Waals surface area contributed by atoms with Crippen LogP contribution in [0.1, 0.15) is 59.3 Å². The first-order chi connectivity index (χ1) is 10.5. The fourth-order valence-corrected chi connectivity index (χ4v) is 2.51. The van der Waals surface area contributed by atoms with E-state index in [1.54, 1.807) is 13.0 Å². The lowest BCUT2D eigenvalue weighted by Gasteiger charge is -2.29. The van der Waals surface area contributed by atoms with Crippen molar-refractivity contribution < 1.29 is 24.2 Å². The second-order valence-electron chi connectivity index (χ2n) is 5.90. The summed E-state index contributed by atoms with van der Waals surface area (Å²) in [4.78, 5) is 23.5. The first kappa shape index (κ1) is 18.7. The fourth-order valence-electron chi connectivity index (χ4n) is 2.51. The number of rotatable bonds is 5. The lowest BCUT2D eigenvalue weighted by atomic mass is 9.98. The second kappa shape index (κ2) is 9.62. The van der Waals surface area contributed by atoms with E-state index in [1.807, 2.05) is 6.08 Å². The van der Waals surface area contributed by atoms with Gasteiger partial charge in [-0.1, -0.05) is 31.9 Å². The third kappa shape index (κ3) is 6.18. The van der Waals surface area contributed by atoms with E-state index in [9.17, 15) is 14.7 Å². The van der Waals surface area contributed by atoms with Gasteiger partial charge in [-0.15, -0.1) is 0 Å². The number of unbranched alkanes of at least 4 members (excludes halogenated alkanes) is 2. The van der Waals surface area contributed by atoms with Crippen molar-refractivity contribution in [3.63, 3.8) is 0 Å². The Morgan fingerprint density at radius 3 is 2.82 bits per heavy atom. The van der Waals surface area contributed by atoms with Gasteiger partial charge in [0.25, 0.3) is 0 Å². The van der Waals surface area contributed by atoms with Crippen LogP contribution in [0.3, 0.4) is 0 Å². The monoisotopic (exact) mass is 312 g/mol. The van der Waals surface area contributed by atoms with Gasteiger partial charge < -0.3 is 14.6 Å². The van der Waals surface area contributed by atoms with Crippen LogP contribution in [0.25, 0.3) is 0 Å². The number of carbonyl (C=O) groups is 2. The molecule has 1 rings (SSSR count). The van der Waals surface area contributed by atoms with E-state index >= 15 is 0 Å². The Balaban J connectivity index is 2.86. The lowest BCUT2D eigenvalue weighted by molar-refractivity contribution is -0.172. The second-order valence-corrected chi connectivity index (χ2v) is 5.90. The van der Waals surface area contributed by atoms with Gasteiger partial charge >= 0.3 is 11.9 Å². The van der Waals surface area contributed by atoms with Crippen LogP contribution in [-0.4, -0.2) is 35.4 Å². The molecule has 0 saturated carbocycles. The number of cyclic esters (lactones) is 1. The molecule has 126 valence electrons. The summed E-state index contributed by atoms with van der Waals surface area (Å²) in [5, 5.41) is 9.91. The molecule has 0 aromatic carbocycles. The summed E-state index contributed by atoms with van der Waals surface area (Å²) in [6.45, 7) is 5.11. The van der Waals surface area contributed by atoms with E-state index in [4.69, 9.17) is 9.47 Å². The number of esters is 2. The molecular formula is C17H28O5. The molecule has 5 heteroatoms. The lowest BCUT2D eigenvalue weighted by Crippen LogP contribution is -2.38. The van der Waals surface area contributed by atoms with Crippen molar-refractivity contribution in [2.24, 2.45) is 5.92 Å². The maximum atomic E-state index is 12.2. The van der Waals surface area contributed by atoms with Crippen LogP contribution in [0.2, 0.25) is 0 Å². The van der Waals surface area contributed by atoms with Crippen molar-refractivity contribution in [3.8, 4) is 0 Å². The molecule has 22 heavy (non-hydrogen) atoms. The first-order valence-electron chi connectivity index (χ1n) is 8.18. The highest BCUT2D eigenvalue weighted by Crippen LogP contribution is 2.22. The zero-order chi connectivity index (χ0) is 16.5. The number of ether oxygens (including phenoxy) is 2. The minimum atomic E-state index is -0.839. The molecule has 0 aromatic rings. The quantitative estimate of drug-likeness (QED) is 0.480. The maximum Gasteiger partial charge on any atom is 0.312 e. The normalized spacial score (nSPS) is 31.2. The maximum absolute atomic E-state index is 12.2. The highest BCUT2D eigenvalue weighted by atomic mass is 16.6. The van der Waals surface area contributed by atoms with Gasteiger partial charge in [0.15, 0.2) is 0 Å². The minimum absolute atomic E-state index is 0.365. The van der Waals surface area contributed by atoms with Gasteiger partial charge in [0.1, 0.15) is 12.2 Å². The average Bonchev–Trinajstić information content (AvgIpc) is 2.47. The summed E-state index contributed by atoms with van der Waals surface area (Å²) in [6, 6.07) is 0. The molecule has 0 fully saturated rings. The number of carbonyl (C=O) groups excluding carboxylic acids is 2. The van der Waals surface area contributed by atoms with E-state index in [1.165, 1.54) is 6.92 Å². The van der Waals surface area contributed by atoms with Crippen LogP contribution in [0.15, 0.2) is 12.2 Å². The summed E-state index contributed by atoms with van der Waals surface area (Å²) in [5.41, 5.74) is 0. The minimum Gasteiger partial charge on any atom is -0.459 e. The molecule has 0 amide bonds. The average molecular weight is 312 g/mol. The first-order valence-corrected chi connectivity index (χ1v) is 8.18. The summed E-state index contributed by atoms with van der Waals surface area (Å²) in [5.74, 6) is -1.44. The van der Waals surface area contributed by atoms with E-state index in [0.717, 1.165) is 19.3 Å². The van der Waals surface area contributed by atoms with Crippen molar-refractivity contribution in [2.75, 3.05) is 0 Å². The number of hydrogen-bond donors (Lipinski definition) is 1. The Morgan fingerprint density at radius 1 is 1.45 bits per heavy atom. The van der Waals surface area contributed by atoms with Crippen molar-refractivity contribution in [1.82, 2.24) is 0 Å². The van der Waals surface area contributed by atoms with Gasteiger partial charge in [-0.2, -0.15) is 0 Å². The molecule has 0 unspecified atom stereocenters. The third-order valence-electron chi connectivity index (χ3n) is 3.93. The number of hydrogen-bond acceptors (Lipinski definition) is 5. The van der Waals surface area contributed by atoms with Crippen LogP contribution in [-0.2, 0) is 19.1 Å². The van der Waals surface area contributed by atoms with Crippen molar-refractivity contribution in [3.05, 3.63) is 12.2 Å². The van der Waals surface area contributed by atoms with Gasteiger partial charge in [-0.3, -0.25) is 9.59 Å². The largest absolute Gasteiger partial charge is 0.459 e. The van der Waals surface area contributed by atoms with Gasteiger partial charge in [-0.05, 0) is 32.6 Å². The Hall–Kier alpha value is -1.36. The number of aliphatic hydroxyl groups is 1. The molecule has 0 saturated heterocycles. The predicted octanol–water partition coefficient (Wildman–Crippen LogP) is 2.76. The van der Waals surface area contributed by atoms with Crippen LogP contribution in [0.5, 0.6) is 0 Å². The van der Waals surface area contributed by atoms with Gasteiger partial charge in [-0.25, -0.2) is 0 Å². The Morgan fingerprint density at radius 2 is 2.18 bits per heavy atom. The Kier molecular flexibility index (Phi) is 8.17. The van der Waals surface area contributed by atoms with Crippen molar-refractivity contribution >= 4 is 11.9 Å². The SMILES string of the molecule is CCCCC[C@H]1OC(=O)[C@H](C)[C@H](O)/C=C/CC[C@@H]1OC(C)=O. The standard InChI is InChI=1S/C17H28O5/c1-4-5-6-10-16-15(21-13(3)18)11-8-7-9-14(19)12(2)17(20)22-16/h7,9,12,14-16,19H,4-6,8,10-11H2,1-3H3/b9-7+/t12-,14-,15+,16-/m1/s1. The predicted molar refractivity (Wildman–Crippen MR) is 83.1 cm³/mol. The van der Waals surface area contributed by atoms with E-state index in [-0.39, 0.29) is 5.97 Å². The third-order valence-corrected chi connectivity index (χ3v) is 3.93. The van der Waals surface area contributed by atoms with E-state index in [2.05, 4.69) is 6.92 Å². The van der Waals surface area contributed by atoms with Gasteiger partial charge in [0, 0.05) is 6.92 Å². The molecule has 0 radical (unpaired) electrons. The van der Waals surface area contributed by atoms with E-state index < -0.39 is 30.2 Å². The molecule has 1 aliphatic heterocycles. The van der Waals surface area contributed by atoms with Gasteiger partial charge in [0.2, 0.25) is 0 Å². The molecule has 5 nitrogen and oxygen atoms in total. The topological polar surface area (TPSA) is 72.8 Å². The van der Waals surface area contributed by atoms with Crippen LogP contribution in [0, 0.1) is 5.92 Å². The molecule has 0 aromatic heterocycles. The summed E-state index contributed by atoms with van der Waals surface area (Å²) in [7, 11) is 0. The molecule has 0 bridgehead atoms. The van der Waals surface area contributed by atoms with Crippen molar-refractivity contribution in [1.29, 1.82) is 0 Å². The summed E-state index contributed by atoms with van der Waals surface area (Å²) < 4.78 is 10.9. The number of aliphatic hydroxyl groups excluding tert-OH is 1. The van der Waals surface area contributed by atoms with Crippen LogP contribution in [0.4, 0.5) is 0 Å². The molecular weight excluding hydrogens is 284 g/mol. The molecule has 4 atom stereocenters. The van der Waals surface area contributed by atoms with Crippen LogP contribution >= 0.6 is 0 Å². The van der Waals surface area contributed by atoms with Crippen molar-refractivity contribution in [2.45, 2.75) is 77.6 Å². The zero-order valence-electron chi connectivity index (χ0n) is 13.8. The summed E-state index contributed by atoms with van der Waals surface area (Å²) >= 11 is 0. The Labute approximate surface area is 132 Å². The molecule has 1 N–H and O–H groups in total. The number of allylic oxidation sites excluding steroid dienone is 1. The van der Waals surface area contributed by atoms with Crippen LogP contribution < -0.4 is 0 Å².